The van der Waals surface area contributed by atoms with E-state index in [0.717, 1.165) is 25.8 Å². The fraction of sp³-hybridized carbons (Fsp3) is 0.125. The van der Waals surface area contributed by atoms with Crippen molar-refractivity contribution in [2.75, 3.05) is 14.2 Å². The summed E-state index contributed by atoms with van der Waals surface area (Å²) in [6.07, 6.45) is 3.57. The molecule has 0 spiro atoms. The minimum Gasteiger partial charge on any atom is -0.512 e. The predicted octanol–water partition coefficient (Wildman–Crippen LogP) is 3.84. The number of ether oxygens (including phenoxy) is 2. The van der Waals surface area contributed by atoms with Crippen LogP contribution in [0.3, 0.4) is 0 Å². The predicted molar refractivity (Wildman–Crippen MR) is 180 cm³/mol. The maximum atomic E-state index is 11.9. The summed E-state index contributed by atoms with van der Waals surface area (Å²) in [5, 5.41) is 25.1. The maximum Gasteiger partial charge on any atom is 1.00 e. The molecule has 48 heavy (non-hydrogen) atoms. The number of hydrogen-bond donors (Lipinski definition) is 0. The van der Waals surface area contributed by atoms with Gasteiger partial charge in [0.05, 0.1) is 48.9 Å². The van der Waals surface area contributed by atoms with Gasteiger partial charge >= 0.3 is 41.5 Å². The molecule has 2 aromatic carbocycles. The van der Waals surface area contributed by atoms with Crippen LogP contribution in [0.4, 0.5) is 0 Å². The summed E-state index contributed by atoms with van der Waals surface area (Å²) < 4.78 is 14.5. The van der Waals surface area contributed by atoms with Crippen molar-refractivity contribution in [1.29, 1.82) is 10.5 Å². The molecule has 4 aromatic heterocycles. The number of pyridine rings is 2. The molecule has 0 atom stereocenters. The molecule has 0 fully saturated rings. The SMILES string of the molecule is COC(=O)c1nn(-c2cc(Br)cc(CC#N)c2)c2ncccc12.COC(=O)c1nn(-c2cc(Br)cc(CCl)c2)c2ncccc12.[C-]#N.[Na+]. The Bertz CT molecular complexity index is 2160. The van der Waals surface area contributed by atoms with Crippen molar-refractivity contribution in [3.63, 3.8) is 0 Å². The van der Waals surface area contributed by atoms with E-state index < -0.39 is 11.9 Å². The van der Waals surface area contributed by atoms with Crippen molar-refractivity contribution in [3.05, 3.63) is 111 Å². The van der Waals surface area contributed by atoms with Crippen molar-refractivity contribution >= 4 is 77.5 Å². The number of nitrogens with zero attached hydrogens (tertiary/aromatic N) is 8. The zero-order valence-electron chi connectivity index (χ0n) is 25.7. The molecule has 236 valence electrons. The zero-order valence-corrected chi connectivity index (χ0v) is 31.6. The molecule has 4 heterocycles. The van der Waals surface area contributed by atoms with Gasteiger partial charge in [0.2, 0.25) is 0 Å². The Morgan fingerprint density at radius 3 is 1.67 bits per heavy atom. The van der Waals surface area contributed by atoms with Crippen LogP contribution in [0.25, 0.3) is 33.4 Å². The Labute approximate surface area is 318 Å². The molecule has 0 amide bonds. The Morgan fingerprint density at radius 1 is 0.812 bits per heavy atom. The van der Waals surface area contributed by atoms with Crippen LogP contribution < -0.4 is 29.6 Å². The third kappa shape index (κ3) is 8.46. The normalized spacial score (nSPS) is 10.0. The molecule has 0 bridgehead atoms. The second-order valence-electron chi connectivity index (χ2n) is 9.36. The summed E-state index contributed by atoms with van der Waals surface area (Å²) in [6.45, 7) is 4.75. The van der Waals surface area contributed by atoms with Gasteiger partial charge in [-0.05, 0) is 71.8 Å². The van der Waals surface area contributed by atoms with E-state index in [2.05, 4.69) is 58.1 Å². The first kappa shape index (κ1) is 38.3. The van der Waals surface area contributed by atoms with Crippen molar-refractivity contribution < 1.29 is 48.6 Å². The molecule has 0 saturated heterocycles. The van der Waals surface area contributed by atoms with Crippen molar-refractivity contribution in [1.82, 2.24) is 29.5 Å². The van der Waals surface area contributed by atoms with Gasteiger partial charge in [-0.2, -0.15) is 15.5 Å². The number of carbonyl (C=O) groups excluding carboxylic acids is 2. The molecule has 0 aliphatic rings. The summed E-state index contributed by atoms with van der Waals surface area (Å²) in [5.74, 6) is -0.638. The standard InChI is InChI=1S/C16H11BrN4O2.C15H11BrClN3O2.CN.Na/c1-23-16(22)14-13-3-2-6-19-15(13)21(20-14)12-8-10(4-5-18)7-11(17)9-12;1-22-15(21)13-12-3-2-4-18-14(12)20(19-13)11-6-9(8-17)5-10(16)7-11;1-2;/h2-3,6-9H,4H2,1H3;2-7H,8H2,1H3;;/q;;-1;+1. The van der Waals surface area contributed by atoms with Crippen LogP contribution in [0.1, 0.15) is 32.1 Å². The molecule has 12 nitrogen and oxygen atoms in total. The number of rotatable bonds is 6. The number of aromatic nitrogens is 6. The molecule has 0 radical (unpaired) electrons. The molecule has 0 N–H and O–H groups in total. The topological polar surface area (TPSA) is 162 Å². The summed E-state index contributed by atoms with van der Waals surface area (Å²) in [5.41, 5.74) is 4.83. The number of esters is 2. The van der Waals surface area contributed by atoms with E-state index in [1.807, 2.05) is 36.4 Å². The van der Waals surface area contributed by atoms with Gasteiger partial charge in [-0.1, -0.05) is 31.9 Å². The molecule has 16 heteroatoms. The second kappa shape index (κ2) is 17.8. The average molecular weight is 801 g/mol. The number of benzene rings is 2. The largest absolute Gasteiger partial charge is 1.00 e. The zero-order chi connectivity index (χ0) is 34.1. The van der Waals surface area contributed by atoms with Gasteiger partial charge in [-0.3, -0.25) is 0 Å². The second-order valence-corrected chi connectivity index (χ2v) is 11.5. The Hall–Kier alpha value is -4.15. The maximum absolute atomic E-state index is 11.9. The van der Waals surface area contributed by atoms with Crippen LogP contribution >= 0.6 is 43.5 Å². The number of fused-ring (bicyclic) bond motifs is 2. The Balaban J connectivity index is 0.000000243. The Morgan fingerprint density at radius 2 is 1.25 bits per heavy atom. The number of methoxy groups -OCH3 is 2. The fourth-order valence-corrected chi connectivity index (χ4v) is 5.75. The van der Waals surface area contributed by atoms with Gasteiger partial charge < -0.3 is 21.3 Å². The van der Waals surface area contributed by atoms with Crippen LogP contribution in [0, 0.1) is 23.2 Å². The minimum absolute atomic E-state index is 0. The molecule has 0 saturated carbocycles. The molecule has 6 aromatic rings. The molecule has 0 aliphatic carbocycles. The van der Waals surface area contributed by atoms with Gasteiger partial charge in [0.25, 0.3) is 0 Å². The van der Waals surface area contributed by atoms with Crippen molar-refractivity contribution in [2.24, 2.45) is 0 Å². The van der Waals surface area contributed by atoms with Gasteiger partial charge in [0, 0.05) is 27.2 Å². The number of alkyl halides is 1. The van der Waals surface area contributed by atoms with E-state index in [1.54, 1.807) is 46.0 Å². The first-order valence-corrected chi connectivity index (χ1v) is 15.5. The van der Waals surface area contributed by atoms with Crippen LogP contribution in [0.5, 0.6) is 0 Å². The fourth-order valence-electron chi connectivity index (χ4n) is 4.54. The Kier molecular flexibility index (Phi) is 14.2. The van der Waals surface area contributed by atoms with E-state index in [4.69, 9.17) is 38.2 Å². The molecule has 6 rings (SSSR count). The van der Waals surface area contributed by atoms with E-state index in [-0.39, 0.29) is 47.4 Å². The summed E-state index contributed by atoms with van der Waals surface area (Å²) >= 11 is 12.8. The number of carbonyl (C=O) groups is 2. The van der Waals surface area contributed by atoms with E-state index in [0.29, 0.717) is 33.6 Å². The molecular formula is C32H22Br2ClN8NaO4. The molecule has 0 aliphatic heterocycles. The molecular weight excluding hydrogens is 779 g/mol. The van der Waals surface area contributed by atoms with Crippen molar-refractivity contribution in [2.45, 2.75) is 12.3 Å². The number of halogens is 3. The molecule has 0 unspecified atom stereocenters. The quantitative estimate of drug-likeness (QED) is 0.105. The average Bonchev–Trinajstić information content (AvgIpc) is 3.68. The minimum atomic E-state index is -0.519. The third-order valence-electron chi connectivity index (χ3n) is 6.45. The van der Waals surface area contributed by atoms with Gasteiger partial charge in [-0.15, -0.1) is 11.6 Å². The van der Waals surface area contributed by atoms with Crippen LogP contribution in [0.2, 0.25) is 0 Å². The van der Waals surface area contributed by atoms with Crippen molar-refractivity contribution in [3.8, 4) is 17.4 Å². The van der Waals surface area contributed by atoms with Gasteiger partial charge in [0.1, 0.15) is 0 Å². The van der Waals surface area contributed by atoms with E-state index in [1.165, 1.54) is 14.2 Å². The first-order chi connectivity index (χ1) is 22.8. The van der Waals surface area contributed by atoms with E-state index >= 15 is 0 Å². The van der Waals surface area contributed by atoms with Gasteiger partial charge in [-0.25, -0.2) is 28.9 Å². The van der Waals surface area contributed by atoms with Crippen LogP contribution in [-0.4, -0.2) is 55.7 Å². The monoisotopic (exact) mass is 798 g/mol. The van der Waals surface area contributed by atoms with E-state index in [9.17, 15) is 9.59 Å². The van der Waals surface area contributed by atoms with Crippen LogP contribution in [-0.2, 0) is 21.8 Å². The summed E-state index contributed by atoms with van der Waals surface area (Å²) in [7, 11) is 2.64. The number of hydrogen-bond acceptors (Lipinski definition) is 10. The smallest absolute Gasteiger partial charge is 0.512 e. The van der Waals surface area contributed by atoms with Gasteiger partial charge in [0.15, 0.2) is 22.7 Å². The first-order valence-electron chi connectivity index (χ1n) is 13.4. The summed E-state index contributed by atoms with van der Waals surface area (Å²) in [6, 6.07) is 20.5. The number of nitriles is 1. The third-order valence-corrected chi connectivity index (χ3v) is 7.68. The summed E-state index contributed by atoms with van der Waals surface area (Å²) in [4.78, 5) is 32.5. The van der Waals surface area contributed by atoms with Crippen LogP contribution in [0.15, 0.2) is 82.0 Å².